The van der Waals surface area contributed by atoms with Crippen molar-refractivity contribution in [2.75, 3.05) is 27.1 Å². The molecule has 0 radical (unpaired) electrons. The Kier molecular flexibility index (Phi) is 8.77. The molecule has 0 saturated carbocycles. The van der Waals surface area contributed by atoms with Crippen LogP contribution in [0.4, 0.5) is 4.79 Å². The van der Waals surface area contributed by atoms with Crippen molar-refractivity contribution >= 4 is 29.7 Å². The van der Waals surface area contributed by atoms with Crippen LogP contribution in [0, 0.1) is 6.92 Å². The van der Waals surface area contributed by atoms with Gasteiger partial charge in [-0.15, -0.1) is 11.8 Å². The zero-order valence-corrected chi connectivity index (χ0v) is 16.2. The Balaban J connectivity index is 2.51. The molecule has 0 saturated heterocycles. The number of esters is 1. The maximum atomic E-state index is 11.8. The molecule has 1 aromatic carbocycles. The Morgan fingerprint density at radius 3 is 2.31 bits per heavy atom. The van der Waals surface area contributed by atoms with Crippen molar-refractivity contribution in [3.05, 3.63) is 23.3 Å². The summed E-state index contributed by atoms with van der Waals surface area (Å²) in [7, 11) is 4.26. The van der Waals surface area contributed by atoms with Gasteiger partial charge in [-0.1, -0.05) is 0 Å². The third-order valence-electron chi connectivity index (χ3n) is 3.41. The first-order valence-electron chi connectivity index (χ1n) is 7.69. The van der Waals surface area contributed by atoms with E-state index in [0.29, 0.717) is 17.3 Å². The van der Waals surface area contributed by atoms with Crippen LogP contribution in [-0.2, 0) is 24.8 Å². The molecule has 0 aliphatic rings. The van der Waals surface area contributed by atoms with E-state index in [1.165, 1.54) is 18.7 Å². The highest BCUT2D eigenvalue weighted by molar-refractivity contribution is 7.99. The van der Waals surface area contributed by atoms with Crippen LogP contribution in [0.1, 0.15) is 18.1 Å². The van der Waals surface area contributed by atoms with Crippen molar-refractivity contribution < 1.29 is 33.3 Å². The van der Waals surface area contributed by atoms with E-state index in [-0.39, 0.29) is 5.75 Å². The third kappa shape index (κ3) is 6.47. The summed E-state index contributed by atoms with van der Waals surface area (Å²) in [6.07, 6.45) is -2.00. The second-order valence-corrected chi connectivity index (χ2v) is 6.22. The highest BCUT2D eigenvalue weighted by atomic mass is 32.2. The summed E-state index contributed by atoms with van der Waals surface area (Å²) in [5.41, 5.74) is 2.01. The number of ether oxygens (including phenoxy) is 4. The van der Waals surface area contributed by atoms with E-state index in [4.69, 9.17) is 14.2 Å². The first-order valence-corrected chi connectivity index (χ1v) is 8.85. The predicted octanol–water partition coefficient (Wildman–Crippen LogP) is 2.06. The zero-order valence-electron chi connectivity index (χ0n) is 15.4. The molecule has 0 bridgehead atoms. The molecular formula is C17H23NO7S. The van der Waals surface area contributed by atoms with E-state index in [1.54, 1.807) is 14.2 Å². The topological polar surface area (TPSA) is 100 Å². The van der Waals surface area contributed by atoms with Crippen LogP contribution in [0.15, 0.2) is 12.1 Å². The molecule has 1 N–H and O–H groups in total. The molecule has 9 heteroatoms. The Hall–Kier alpha value is -2.42. The maximum absolute atomic E-state index is 11.8. The zero-order chi connectivity index (χ0) is 19.7. The minimum atomic E-state index is -1.09. The molecule has 8 nitrogen and oxygen atoms in total. The lowest BCUT2D eigenvalue weighted by Crippen LogP contribution is -2.39. The third-order valence-corrected chi connectivity index (χ3v) is 4.36. The lowest BCUT2D eigenvalue weighted by atomic mass is 10.1. The average molecular weight is 385 g/mol. The van der Waals surface area contributed by atoms with Crippen molar-refractivity contribution in [3.63, 3.8) is 0 Å². The largest absolute Gasteiger partial charge is 0.493 e. The fraction of sp³-hybridized carbons (Fsp3) is 0.471. The lowest BCUT2D eigenvalue weighted by molar-refractivity contribution is -0.152. The minimum Gasteiger partial charge on any atom is -0.493 e. The summed E-state index contributed by atoms with van der Waals surface area (Å²) >= 11 is 1.34. The van der Waals surface area contributed by atoms with Gasteiger partial charge in [-0.3, -0.25) is 14.9 Å². The fourth-order valence-electron chi connectivity index (χ4n) is 1.96. The molecule has 0 spiro atoms. The normalized spacial score (nSPS) is 11.3. The second-order valence-electron chi connectivity index (χ2n) is 5.24. The van der Waals surface area contributed by atoms with Gasteiger partial charge in [0.2, 0.25) is 0 Å². The number of alkyl carbamates (subject to hydrolysis) is 1. The number of thioether (sulfide) groups is 1. The second kappa shape index (κ2) is 10.5. The standard InChI is InChI=1S/C17H23NO7S/c1-10-6-13(22-3)14(23-4)7-12(10)8-26-9-15(19)25-11(2)16(20)18-17(21)24-5/h6-7,11H,8-9H2,1-5H3,(H,18,20,21)/t11-/m1/s1. The van der Waals surface area contributed by atoms with E-state index >= 15 is 0 Å². The number of methoxy groups -OCH3 is 3. The Morgan fingerprint density at radius 1 is 1.12 bits per heavy atom. The van der Waals surface area contributed by atoms with E-state index in [2.05, 4.69) is 4.74 Å². The van der Waals surface area contributed by atoms with Crippen molar-refractivity contribution in [3.8, 4) is 11.5 Å². The highest BCUT2D eigenvalue weighted by Crippen LogP contribution is 2.31. The number of nitrogens with one attached hydrogen (secondary N) is 1. The molecule has 144 valence electrons. The number of amides is 2. The summed E-state index contributed by atoms with van der Waals surface area (Å²) < 4.78 is 19.8. The highest BCUT2D eigenvalue weighted by Gasteiger charge is 2.20. The maximum Gasteiger partial charge on any atom is 0.413 e. The van der Waals surface area contributed by atoms with Gasteiger partial charge >= 0.3 is 12.1 Å². The van der Waals surface area contributed by atoms with E-state index in [1.807, 2.05) is 24.4 Å². The molecule has 0 aliphatic heterocycles. The van der Waals surface area contributed by atoms with Crippen molar-refractivity contribution in [1.29, 1.82) is 0 Å². The number of carbonyl (C=O) groups is 3. The average Bonchev–Trinajstić information content (AvgIpc) is 2.62. The molecule has 0 heterocycles. The minimum absolute atomic E-state index is 0.0592. The van der Waals surface area contributed by atoms with Gasteiger partial charge in [0.25, 0.3) is 5.91 Å². The molecule has 0 aliphatic carbocycles. The molecule has 1 rings (SSSR count). The van der Waals surface area contributed by atoms with Gasteiger partial charge in [0, 0.05) is 5.75 Å². The van der Waals surface area contributed by atoms with Gasteiger partial charge in [0.15, 0.2) is 17.6 Å². The van der Waals surface area contributed by atoms with Crippen LogP contribution in [0.25, 0.3) is 0 Å². The van der Waals surface area contributed by atoms with Gasteiger partial charge in [0.05, 0.1) is 27.1 Å². The van der Waals surface area contributed by atoms with Crippen LogP contribution in [-0.4, -0.2) is 51.2 Å². The quantitative estimate of drug-likeness (QED) is 0.679. The smallest absolute Gasteiger partial charge is 0.413 e. The van der Waals surface area contributed by atoms with Crippen molar-refractivity contribution in [1.82, 2.24) is 5.32 Å². The van der Waals surface area contributed by atoms with Crippen molar-refractivity contribution in [2.24, 2.45) is 0 Å². The number of aryl methyl sites for hydroxylation is 1. The molecular weight excluding hydrogens is 362 g/mol. The van der Waals surface area contributed by atoms with Gasteiger partial charge in [-0.25, -0.2) is 4.79 Å². The number of hydrogen-bond donors (Lipinski definition) is 1. The predicted molar refractivity (Wildman–Crippen MR) is 96.5 cm³/mol. The molecule has 1 aromatic rings. The van der Waals surface area contributed by atoms with Crippen LogP contribution in [0.5, 0.6) is 11.5 Å². The first-order chi connectivity index (χ1) is 12.3. The van der Waals surface area contributed by atoms with E-state index in [0.717, 1.165) is 18.2 Å². The number of rotatable bonds is 8. The van der Waals surface area contributed by atoms with Crippen LogP contribution in [0.2, 0.25) is 0 Å². The SMILES string of the molecule is COC(=O)NC(=O)[C@@H](C)OC(=O)CSCc1cc(OC)c(OC)cc1C. The Bertz CT molecular complexity index is 663. The van der Waals surface area contributed by atoms with E-state index in [9.17, 15) is 14.4 Å². The van der Waals surface area contributed by atoms with Crippen LogP contribution >= 0.6 is 11.8 Å². The Labute approximate surface area is 156 Å². The van der Waals surface area contributed by atoms with Gasteiger partial charge in [0.1, 0.15) is 0 Å². The molecule has 0 aromatic heterocycles. The summed E-state index contributed by atoms with van der Waals surface area (Å²) in [6.45, 7) is 3.31. The molecule has 0 fully saturated rings. The molecule has 1 atom stereocenters. The van der Waals surface area contributed by atoms with E-state index < -0.39 is 24.1 Å². The van der Waals surface area contributed by atoms with Gasteiger partial charge in [-0.2, -0.15) is 0 Å². The molecule has 0 unspecified atom stereocenters. The summed E-state index contributed by atoms with van der Waals surface area (Å²) in [4.78, 5) is 34.4. The van der Waals surface area contributed by atoms with Gasteiger partial charge < -0.3 is 18.9 Å². The summed E-state index contributed by atoms with van der Waals surface area (Å²) in [6, 6.07) is 3.73. The lowest BCUT2D eigenvalue weighted by Gasteiger charge is -2.14. The first kappa shape index (κ1) is 21.6. The molecule has 26 heavy (non-hydrogen) atoms. The number of hydrogen-bond acceptors (Lipinski definition) is 8. The Morgan fingerprint density at radius 2 is 1.73 bits per heavy atom. The fourth-order valence-corrected chi connectivity index (χ4v) is 2.83. The number of carbonyl (C=O) groups excluding carboxylic acids is 3. The van der Waals surface area contributed by atoms with Crippen LogP contribution in [0.3, 0.4) is 0 Å². The van der Waals surface area contributed by atoms with Crippen molar-refractivity contribution in [2.45, 2.75) is 25.7 Å². The molecule has 2 amide bonds. The number of imide groups is 1. The monoisotopic (exact) mass is 385 g/mol. The summed E-state index contributed by atoms with van der Waals surface area (Å²) in [5, 5.41) is 1.94. The van der Waals surface area contributed by atoms with Crippen LogP contribution < -0.4 is 14.8 Å². The number of benzene rings is 1. The summed E-state index contributed by atoms with van der Waals surface area (Å²) in [5.74, 6) is 0.577. The van der Waals surface area contributed by atoms with Gasteiger partial charge in [-0.05, 0) is 37.1 Å².